The first-order valence-electron chi connectivity index (χ1n) is 18.5. The fourth-order valence-electron chi connectivity index (χ4n) is 6.01. The van der Waals surface area contributed by atoms with Gasteiger partial charge in [0.05, 0.1) is 0 Å². The van der Waals surface area contributed by atoms with E-state index in [9.17, 15) is 0 Å². The van der Waals surface area contributed by atoms with E-state index in [1.54, 1.807) is 0 Å². The molecule has 268 valence electrons. The van der Waals surface area contributed by atoms with E-state index in [1.165, 1.54) is 0 Å². The van der Waals surface area contributed by atoms with Crippen LogP contribution >= 0.6 is 0 Å². The quantitative estimate of drug-likeness (QED) is 0.0909. The van der Waals surface area contributed by atoms with Crippen LogP contribution in [0.1, 0.15) is 33.4 Å². The predicted molar refractivity (Wildman–Crippen MR) is 238 cm³/mol. The maximum atomic E-state index is 7.76. The van der Waals surface area contributed by atoms with Gasteiger partial charge in [-0.2, -0.15) is 0 Å². The lowest BCUT2D eigenvalue weighted by Crippen LogP contribution is -2.42. The molecule has 0 aliphatic heterocycles. The molecule has 0 saturated heterocycles. The van der Waals surface area contributed by atoms with Crippen LogP contribution in [0.25, 0.3) is 36.5 Å². The minimum Gasteiger partial charge on any atom is -0.343 e. The Hall–Kier alpha value is -6.80. The molecule has 0 radical (unpaired) electrons. The normalized spacial score (nSPS) is 12.5. The summed E-state index contributed by atoms with van der Waals surface area (Å²) < 4.78 is 7.76. The first-order chi connectivity index (χ1) is 27.0. The van der Waals surface area contributed by atoms with Gasteiger partial charge in [-0.25, -0.2) is 0 Å². The van der Waals surface area contributed by atoms with E-state index in [0.29, 0.717) is 0 Å². The molecule has 0 unspecified atom stereocenters. The molecule has 0 amide bonds. The van der Waals surface area contributed by atoms with Crippen LogP contribution in [-0.2, 0) is 4.74 Å². The van der Waals surface area contributed by atoms with E-state index in [2.05, 4.69) is 146 Å². The van der Waals surface area contributed by atoms with E-state index in [0.717, 1.165) is 44.5 Å². The second-order valence-corrected chi connectivity index (χ2v) is 13.2. The van der Waals surface area contributed by atoms with Crippen molar-refractivity contribution in [1.29, 1.82) is 0 Å². The lowest BCUT2D eigenvalue weighted by atomic mass is 9.85. The highest BCUT2D eigenvalue weighted by Crippen LogP contribution is 2.39. The summed E-state index contributed by atoms with van der Waals surface area (Å²) in [6.45, 7) is 9.46. The fraction of sp³-hybridized carbons (Fsp3) is 0.0370. The molecule has 0 saturated carbocycles. The number of benzene rings is 6. The van der Waals surface area contributed by atoms with Crippen LogP contribution < -0.4 is 0 Å². The number of hydrogen-bond donors (Lipinski definition) is 0. The molecule has 1 nitrogen and oxygen atoms in total. The van der Waals surface area contributed by atoms with Crippen molar-refractivity contribution in [3.8, 4) is 0 Å². The molecule has 0 N–H and O–H groups in total. The molecule has 6 aromatic rings. The molecule has 0 atom stereocenters. The van der Waals surface area contributed by atoms with Crippen molar-refractivity contribution in [3.63, 3.8) is 0 Å². The van der Waals surface area contributed by atoms with Gasteiger partial charge in [-0.1, -0.05) is 244 Å². The van der Waals surface area contributed by atoms with E-state index in [4.69, 9.17) is 17.9 Å². The monoisotopic (exact) mass is 710 g/mol. The summed E-state index contributed by atoms with van der Waals surface area (Å²) in [4.78, 5) is 0. The van der Waals surface area contributed by atoms with Crippen molar-refractivity contribution in [2.75, 3.05) is 0 Å². The Morgan fingerprint density at radius 2 is 0.509 bits per heavy atom. The summed E-state index contributed by atoms with van der Waals surface area (Å²) in [5.41, 5.74) is 5.39. The second-order valence-electron chi connectivity index (χ2n) is 13.2. The Balaban J connectivity index is 1.60. The predicted octanol–water partition coefficient (Wildman–Crippen LogP) is 13.9. The van der Waals surface area contributed by atoms with Crippen molar-refractivity contribution in [1.82, 2.24) is 0 Å². The summed E-state index contributed by atoms with van der Waals surface area (Å²) in [7, 11) is 0. The van der Waals surface area contributed by atoms with Gasteiger partial charge in [-0.15, -0.1) is 0 Å². The Bertz CT molecular complexity index is 2010. The smallest absolute Gasteiger partial charge is 0.132 e. The molecule has 0 heterocycles. The Morgan fingerprint density at radius 1 is 0.309 bits per heavy atom. The van der Waals surface area contributed by atoms with Gasteiger partial charge in [0.15, 0.2) is 0 Å². The summed E-state index contributed by atoms with van der Waals surface area (Å²) in [6, 6.07) is 61.6. The summed E-state index contributed by atoms with van der Waals surface area (Å²) in [6.07, 6.45) is 25.1. The third-order valence-electron chi connectivity index (χ3n) is 9.19. The topological polar surface area (TPSA) is 9.23 Å². The van der Waals surface area contributed by atoms with Gasteiger partial charge in [0, 0.05) is 0 Å². The lowest BCUT2D eigenvalue weighted by molar-refractivity contribution is -0.00821. The minimum absolute atomic E-state index is 0.737. The fourth-order valence-corrected chi connectivity index (χ4v) is 6.01. The van der Waals surface area contributed by atoms with Gasteiger partial charge in [0.25, 0.3) is 0 Å². The highest BCUT2D eigenvalue weighted by Gasteiger charge is 2.39. The van der Waals surface area contributed by atoms with Crippen molar-refractivity contribution in [2.24, 2.45) is 0 Å². The van der Waals surface area contributed by atoms with Gasteiger partial charge in [0.1, 0.15) is 11.2 Å². The first-order valence-corrected chi connectivity index (χ1v) is 18.5. The van der Waals surface area contributed by atoms with Gasteiger partial charge in [-0.3, -0.25) is 0 Å². The Kier molecular flexibility index (Phi) is 13.3. The van der Waals surface area contributed by atoms with Gasteiger partial charge < -0.3 is 4.74 Å². The number of rotatable bonds is 16. The van der Waals surface area contributed by atoms with Gasteiger partial charge >= 0.3 is 0 Å². The van der Waals surface area contributed by atoms with E-state index in [-0.39, 0.29) is 0 Å². The number of ether oxygens (including phenoxy) is 1. The highest BCUT2D eigenvalue weighted by molar-refractivity contribution is 5.66. The average molecular weight is 711 g/mol. The maximum Gasteiger partial charge on any atom is 0.132 e. The van der Waals surface area contributed by atoms with Crippen LogP contribution in [0, 0.1) is 0 Å². The molecule has 0 aromatic heterocycles. The first kappa shape index (κ1) is 37.9. The summed E-state index contributed by atoms with van der Waals surface area (Å²) >= 11 is 0. The molecule has 0 bridgehead atoms. The maximum absolute atomic E-state index is 7.76. The molecule has 1 heteroatoms. The summed E-state index contributed by atoms with van der Waals surface area (Å²) in [5.74, 6) is 0. The highest BCUT2D eigenvalue weighted by atomic mass is 16.5. The lowest BCUT2D eigenvalue weighted by Gasteiger charge is -2.40. The van der Waals surface area contributed by atoms with Crippen LogP contribution in [0.4, 0.5) is 0 Å². The zero-order valence-corrected chi connectivity index (χ0v) is 31.1. The molecule has 0 fully saturated rings. The van der Waals surface area contributed by atoms with Crippen molar-refractivity contribution >= 4 is 36.5 Å². The van der Waals surface area contributed by atoms with E-state index < -0.39 is 11.2 Å². The molecule has 0 spiro atoms. The van der Waals surface area contributed by atoms with Crippen LogP contribution in [-0.4, -0.2) is 11.2 Å². The Morgan fingerprint density at radius 3 is 0.727 bits per heavy atom. The van der Waals surface area contributed by atoms with Crippen LogP contribution in [0.5, 0.6) is 0 Å². The molecule has 6 rings (SSSR count). The van der Waals surface area contributed by atoms with Crippen LogP contribution in [0.15, 0.2) is 243 Å². The minimum atomic E-state index is -1.18. The molecule has 0 aliphatic rings. The van der Waals surface area contributed by atoms with Crippen molar-refractivity contribution < 1.29 is 4.74 Å². The van der Waals surface area contributed by atoms with Crippen LogP contribution in [0.3, 0.4) is 0 Å². The van der Waals surface area contributed by atoms with Gasteiger partial charge in [-0.05, 0) is 68.8 Å². The average Bonchev–Trinajstić information content (AvgIpc) is 3.26. The Labute approximate surface area is 327 Å². The second kappa shape index (κ2) is 19.3. The summed E-state index contributed by atoms with van der Waals surface area (Å²) in [5, 5.41) is 0. The van der Waals surface area contributed by atoms with Crippen molar-refractivity contribution in [2.45, 2.75) is 11.2 Å². The number of hydrogen-bond acceptors (Lipinski definition) is 1. The zero-order chi connectivity index (χ0) is 38.0. The molecular weight excluding hydrogens is 665 g/mol. The standard InChI is InChI=1S/C54H46O/c1-45(33-35-47-21-9-3-10-22-47)53(41-37-49-25-13-5-14-26-49,42-38-50-27-15-6-16-28-50)55-54(43-39-51-29-17-7-18-30-51,44-40-52-31-19-8-20-32-52)46(2)34-36-48-23-11-4-12-24-48/h3-44H,1-2H2/b35-33+,36-34+,41-37+,42-38+,43-39+,44-40+. The molecular formula is C54H46O. The largest absolute Gasteiger partial charge is 0.343 e. The van der Waals surface area contributed by atoms with E-state index >= 15 is 0 Å². The third kappa shape index (κ3) is 11.1. The molecule has 6 aromatic carbocycles. The van der Waals surface area contributed by atoms with Crippen molar-refractivity contribution in [3.05, 3.63) is 276 Å². The zero-order valence-electron chi connectivity index (χ0n) is 31.1. The molecule has 0 aliphatic carbocycles. The third-order valence-corrected chi connectivity index (χ3v) is 9.19. The van der Waals surface area contributed by atoms with E-state index in [1.807, 2.05) is 109 Å². The van der Waals surface area contributed by atoms with Gasteiger partial charge in [0.2, 0.25) is 0 Å². The SMILES string of the molecule is C=C(/C=C/c1ccccc1)C(/C=C/c1ccccc1)(/C=C/c1ccccc1)OC(/C=C/c1ccccc1)(/C=C/c1ccccc1)C(=C)/C=C/c1ccccc1. The molecule has 55 heavy (non-hydrogen) atoms. The van der Waals surface area contributed by atoms with Crippen LogP contribution in [0.2, 0.25) is 0 Å².